The van der Waals surface area contributed by atoms with E-state index in [-0.39, 0.29) is 16.1 Å². The van der Waals surface area contributed by atoms with Crippen molar-refractivity contribution in [1.29, 1.82) is 0 Å². The van der Waals surface area contributed by atoms with E-state index in [1.807, 2.05) is 0 Å². The van der Waals surface area contributed by atoms with E-state index in [9.17, 15) is 13.6 Å². The van der Waals surface area contributed by atoms with Gasteiger partial charge in [0.25, 0.3) is 0 Å². The fraction of sp³-hybridized carbons (Fsp3) is 0. The highest BCUT2D eigenvalue weighted by Gasteiger charge is 2.17. The minimum Gasteiger partial charge on any atom is -0.398 e. The third kappa shape index (κ3) is 2.19. The molecule has 0 saturated heterocycles. The van der Waals surface area contributed by atoms with Crippen LogP contribution in [0.2, 0.25) is 5.02 Å². The molecule has 0 amide bonds. The summed E-state index contributed by atoms with van der Waals surface area (Å²) in [5.41, 5.74) is 5.63. The van der Waals surface area contributed by atoms with E-state index in [1.165, 1.54) is 30.3 Å². The first-order valence-electron chi connectivity index (χ1n) is 5.04. The van der Waals surface area contributed by atoms with E-state index >= 15 is 0 Å². The zero-order valence-electron chi connectivity index (χ0n) is 9.08. The minimum atomic E-state index is -1.17. The maximum Gasteiger partial charge on any atom is 0.196 e. The fourth-order valence-electron chi connectivity index (χ4n) is 1.50. The van der Waals surface area contributed by atoms with Crippen LogP contribution in [0.4, 0.5) is 14.5 Å². The number of carbonyl (C=O) groups excluding carboxylic acids is 1. The van der Waals surface area contributed by atoms with Gasteiger partial charge in [0, 0.05) is 5.56 Å². The quantitative estimate of drug-likeness (QED) is 0.669. The summed E-state index contributed by atoms with van der Waals surface area (Å²) in [6, 6.07) is 7.60. The Morgan fingerprint density at radius 3 is 2.56 bits per heavy atom. The van der Waals surface area contributed by atoms with Crippen molar-refractivity contribution in [2.24, 2.45) is 0 Å². The van der Waals surface area contributed by atoms with E-state index in [0.29, 0.717) is 5.69 Å². The van der Waals surface area contributed by atoms with Crippen molar-refractivity contribution in [3.8, 4) is 0 Å². The van der Waals surface area contributed by atoms with Crippen molar-refractivity contribution in [2.75, 3.05) is 5.73 Å². The van der Waals surface area contributed by atoms with Crippen molar-refractivity contribution < 1.29 is 13.6 Å². The van der Waals surface area contributed by atoms with Crippen LogP contribution in [-0.2, 0) is 0 Å². The van der Waals surface area contributed by atoms with Crippen molar-refractivity contribution in [1.82, 2.24) is 0 Å². The number of rotatable bonds is 2. The Bertz CT molecular complexity index is 628. The summed E-state index contributed by atoms with van der Waals surface area (Å²) in [6.45, 7) is 0. The number of hydrogen-bond acceptors (Lipinski definition) is 2. The van der Waals surface area contributed by atoms with Crippen LogP contribution in [-0.4, -0.2) is 5.78 Å². The Labute approximate surface area is 107 Å². The summed E-state index contributed by atoms with van der Waals surface area (Å²) < 4.78 is 26.5. The molecule has 18 heavy (non-hydrogen) atoms. The van der Waals surface area contributed by atoms with E-state index in [0.717, 1.165) is 6.07 Å². The number of benzene rings is 2. The van der Waals surface area contributed by atoms with Crippen molar-refractivity contribution in [3.63, 3.8) is 0 Å². The van der Waals surface area contributed by atoms with E-state index < -0.39 is 17.4 Å². The Morgan fingerprint density at radius 2 is 1.89 bits per heavy atom. The summed E-state index contributed by atoms with van der Waals surface area (Å²) in [4.78, 5) is 12.0. The SMILES string of the molecule is Nc1ccc(C(=O)c2cccc(F)c2F)cc1Cl. The molecule has 0 heterocycles. The summed E-state index contributed by atoms with van der Waals surface area (Å²) in [5, 5.41) is 0.192. The Hall–Kier alpha value is -1.94. The summed E-state index contributed by atoms with van der Waals surface area (Å²) >= 11 is 5.77. The third-order valence-corrected chi connectivity index (χ3v) is 2.79. The van der Waals surface area contributed by atoms with Crippen LogP contribution in [0, 0.1) is 11.6 Å². The van der Waals surface area contributed by atoms with Gasteiger partial charge < -0.3 is 5.73 Å². The molecule has 2 aromatic carbocycles. The first kappa shape index (κ1) is 12.5. The van der Waals surface area contributed by atoms with Crippen LogP contribution in [0.1, 0.15) is 15.9 Å². The number of hydrogen-bond donors (Lipinski definition) is 1. The van der Waals surface area contributed by atoms with Crippen LogP contribution in [0.3, 0.4) is 0 Å². The number of halogens is 3. The molecule has 0 saturated carbocycles. The van der Waals surface area contributed by atoms with Gasteiger partial charge in [0.2, 0.25) is 0 Å². The predicted octanol–water partition coefficient (Wildman–Crippen LogP) is 3.43. The molecule has 92 valence electrons. The molecule has 0 atom stereocenters. The second kappa shape index (κ2) is 4.74. The highest BCUT2D eigenvalue weighted by atomic mass is 35.5. The maximum atomic E-state index is 13.5. The summed E-state index contributed by atoms with van der Waals surface area (Å²) in [7, 11) is 0. The zero-order valence-corrected chi connectivity index (χ0v) is 9.84. The summed E-state index contributed by atoms with van der Waals surface area (Å²) in [6.07, 6.45) is 0. The van der Waals surface area contributed by atoms with E-state index in [2.05, 4.69) is 0 Å². The lowest BCUT2D eigenvalue weighted by Crippen LogP contribution is -2.06. The molecule has 2 N–H and O–H groups in total. The van der Waals surface area contributed by atoms with Gasteiger partial charge in [-0.25, -0.2) is 8.78 Å². The lowest BCUT2D eigenvalue weighted by molar-refractivity contribution is 0.103. The molecular formula is C13H8ClF2NO. The molecule has 0 spiro atoms. The Balaban J connectivity index is 2.48. The molecule has 0 fully saturated rings. The van der Waals surface area contributed by atoms with Crippen molar-refractivity contribution >= 4 is 23.1 Å². The first-order valence-corrected chi connectivity index (χ1v) is 5.42. The van der Waals surface area contributed by atoms with Gasteiger partial charge in [0.15, 0.2) is 17.4 Å². The van der Waals surface area contributed by atoms with Crippen LogP contribution in [0.25, 0.3) is 0 Å². The number of carbonyl (C=O) groups is 1. The Morgan fingerprint density at radius 1 is 1.17 bits per heavy atom. The molecule has 0 unspecified atom stereocenters. The van der Waals surface area contributed by atoms with Crippen LogP contribution in [0.5, 0.6) is 0 Å². The topological polar surface area (TPSA) is 43.1 Å². The molecule has 2 aromatic rings. The highest BCUT2D eigenvalue weighted by molar-refractivity contribution is 6.33. The molecule has 0 bridgehead atoms. The molecule has 2 nitrogen and oxygen atoms in total. The average Bonchev–Trinajstić information content (AvgIpc) is 2.35. The van der Waals surface area contributed by atoms with Gasteiger partial charge in [-0.15, -0.1) is 0 Å². The van der Waals surface area contributed by atoms with Gasteiger partial charge in [0.05, 0.1) is 16.3 Å². The molecule has 0 aromatic heterocycles. The van der Waals surface area contributed by atoms with Gasteiger partial charge in [-0.2, -0.15) is 0 Å². The van der Waals surface area contributed by atoms with Crippen LogP contribution in [0.15, 0.2) is 36.4 Å². The number of ketones is 1. The monoisotopic (exact) mass is 267 g/mol. The largest absolute Gasteiger partial charge is 0.398 e. The average molecular weight is 268 g/mol. The van der Waals surface area contributed by atoms with Gasteiger partial charge in [-0.1, -0.05) is 17.7 Å². The molecule has 0 aliphatic rings. The number of anilines is 1. The number of nitrogen functional groups attached to an aromatic ring is 1. The molecule has 5 heteroatoms. The van der Waals surface area contributed by atoms with Gasteiger partial charge in [0.1, 0.15) is 0 Å². The highest BCUT2D eigenvalue weighted by Crippen LogP contribution is 2.22. The fourth-order valence-corrected chi connectivity index (χ4v) is 1.68. The maximum absolute atomic E-state index is 13.5. The van der Waals surface area contributed by atoms with Gasteiger partial charge in [-0.05, 0) is 30.3 Å². The normalized spacial score (nSPS) is 10.4. The second-order valence-electron chi connectivity index (χ2n) is 3.67. The van der Waals surface area contributed by atoms with Crippen molar-refractivity contribution in [2.45, 2.75) is 0 Å². The molecule has 0 radical (unpaired) electrons. The van der Waals surface area contributed by atoms with Crippen LogP contribution >= 0.6 is 11.6 Å². The summed E-state index contributed by atoms with van der Waals surface area (Å²) in [5.74, 6) is -2.88. The standard InChI is InChI=1S/C13H8ClF2NO/c14-9-6-7(4-5-11(9)17)13(18)8-2-1-3-10(15)12(8)16/h1-6H,17H2. The van der Waals surface area contributed by atoms with Gasteiger partial charge in [-0.3, -0.25) is 4.79 Å². The van der Waals surface area contributed by atoms with Gasteiger partial charge >= 0.3 is 0 Å². The lowest BCUT2D eigenvalue weighted by Gasteiger charge is -2.05. The smallest absolute Gasteiger partial charge is 0.196 e. The van der Waals surface area contributed by atoms with E-state index in [4.69, 9.17) is 17.3 Å². The van der Waals surface area contributed by atoms with Crippen molar-refractivity contribution in [3.05, 3.63) is 64.2 Å². The molecular weight excluding hydrogens is 260 g/mol. The minimum absolute atomic E-state index is 0.152. The predicted molar refractivity (Wildman–Crippen MR) is 65.7 cm³/mol. The molecule has 0 aliphatic carbocycles. The molecule has 2 rings (SSSR count). The third-order valence-electron chi connectivity index (χ3n) is 2.46. The van der Waals surface area contributed by atoms with E-state index in [1.54, 1.807) is 0 Å². The zero-order chi connectivity index (χ0) is 13.3. The first-order chi connectivity index (χ1) is 8.50. The Kier molecular flexibility index (Phi) is 3.30. The lowest BCUT2D eigenvalue weighted by atomic mass is 10.0. The molecule has 0 aliphatic heterocycles. The van der Waals surface area contributed by atoms with Crippen LogP contribution < -0.4 is 5.73 Å². The second-order valence-corrected chi connectivity index (χ2v) is 4.07. The number of nitrogens with two attached hydrogens (primary N) is 1.